The van der Waals surface area contributed by atoms with Crippen LogP contribution in [0.3, 0.4) is 0 Å². The van der Waals surface area contributed by atoms with E-state index in [1.807, 2.05) is 12.1 Å². The van der Waals surface area contributed by atoms with Crippen LogP contribution in [0, 0.1) is 0 Å². The van der Waals surface area contributed by atoms with Crippen LogP contribution in [0.25, 0.3) is 5.70 Å². The fourth-order valence-electron chi connectivity index (χ4n) is 1.82. The first kappa shape index (κ1) is 15.5. The van der Waals surface area contributed by atoms with Gasteiger partial charge in [0.15, 0.2) is 0 Å². The van der Waals surface area contributed by atoms with Crippen molar-refractivity contribution in [3.8, 4) is 0 Å². The van der Waals surface area contributed by atoms with Crippen molar-refractivity contribution in [2.45, 2.75) is 32.1 Å². The van der Waals surface area contributed by atoms with E-state index in [0.717, 1.165) is 31.5 Å². The number of nitrogens with zero attached hydrogens (tertiary/aromatic N) is 2. The third-order valence-electron chi connectivity index (χ3n) is 2.92. The molecule has 0 aliphatic carbocycles. The lowest BCUT2D eigenvalue weighted by atomic mass is 10.1. The molecule has 0 saturated carbocycles. The topological polar surface area (TPSA) is 94.2 Å². The van der Waals surface area contributed by atoms with Gasteiger partial charge in [-0.1, -0.05) is 19.3 Å². The van der Waals surface area contributed by atoms with Gasteiger partial charge in [-0.25, -0.2) is 5.84 Å². The highest BCUT2D eigenvalue weighted by Gasteiger charge is 1.99. The summed E-state index contributed by atoms with van der Waals surface area (Å²) in [5.41, 5.74) is 12.9. The van der Waals surface area contributed by atoms with Gasteiger partial charge in [0.2, 0.25) is 0 Å². The molecule has 0 bridgehead atoms. The van der Waals surface area contributed by atoms with Crippen molar-refractivity contribution in [2.24, 2.45) is 17.3 Å². The Morgan fingerprint density at radius 3 is 2.63 bits per heavy atom. The molecule has 106 valence electrons. The lowest BCUT2D eigenvalue weighted by molar-refractivity contribution is 0.377. The van der Waals surface area contributed by atoms with Crippen molar-refractivity contribution in [2.75, 3.05) is 13.1 Å². The number of aromatic nitrogens is 1. The Bertz CT molecular complexity index is 363. The summed E-state index contributed by atoms with van der Waals surface area (Å²) in [7, 11) is 0. The van der Waals surface area contributed by atoms with Gasteiger partial charge in [-0.2, -0.15) is 0 Å². The summed E-state index contributed by atoms with van der Waals surface area (Å²) in [6, 6.07) is 3.77. The highest BCUT2D eigenvalue weighted by Crippen LogP contribution is 2.07. The van der Waals surface area contributed by atoms with Gasteiger partial charge in [0.1, 0.15) is 0 Å². The molecule has 0 unspecified atom stereocenters. The molecule has 1 heterocycles. The zero-order valence-corrected chi connectivity index (χ0v) is 11.5. The zero-order valence-electron chi connectivity index (χ0n) is 11.5. The Labute approximate surface area is 115 Å². The minimum Gasteiger partial charge on any atom is -0.397 e. The second-order valence-electron chi connectivity index (χ2n) is 4.62. The Morgan fingerprint density at radius 1 is 1.21 bits per heavy atom. The Balaban J connectivity index is 2.24. The van der Waals surface area contributed by atoms with Crippen molar-refractivity contribution in [3.63, 3.8) is 0 Å². The first-order chi connectivity index (χ1) is 9.24. The van der Waals surface area contributed by atoms with Gasteiger partial charge >= 0.3 is 0 Å². The number of hydrogen-bond donors (Lipinski definition) is 3. The van der Waals surface area contributed by atoms with Crippen LogP contribution >= 0.6 is 0 Å². The average Bonchev–Trinajstić information content (AvgIpc) is 2.43. The molecule has 0 atom stereocenters. The second kappa shape index (κ2) is 9.35. The molecule has 0 aliphatic rings. The van der Waals surface area contributed by atoms with Crippen molar-refractivity contribution in [1.82, 2.24) is 9.99 Å². The van der Waals surface area contributed by atoms with Crippen LogP contribution in [0.1, 0.15) is 37.7 Å². The second-order valence-corrected chi connectivity index (χ2v) is 4.62. The predicted molar refractivity (Wildman–Crippen MR) is 79.4 cm³/mol. The number of rotatable bonds is 9. The number of unbranched alkanes of at least 4 members (excludes halogenated alkanes) is 4. The number of hydrazine groups is 1. The molecule has 1 rings (SSSR count). The van der Waals surface area contributed by atoms with Crippen molar-refractivity contribution < 1.29 is 0 Å². The van der Waals surface area contributed by atoms with Gasteiger partial charge in [0.05, 0.1) is 5.70 Å². The molecule has 5 heteroatoms. The molecular formula is C14H25N5. The lowest BCUT2D eigenvalue weighted by Gasteiger charge is -2.14. The molecule has 0 saturated heterocycles. The van der Waals surface area contributed by atoms with Gasteiger partial charge in [0, 0.05) is 30.7 Å². The summed E-state index contributed by atoms with van der Waals surface area (Å²) in [5.74, 6) is 5.89. The summed E-state index contributed by atoms with van der Waals surface area (Å²) in [6.45, 7) is 1.59. The van der Waals surface area contributed by atoms with Gasteiger partial charge in [-0.3, -0.25) is 4.98 Å². The monoisotopic (exact) mass is 263 g/mol. The molecular weight excluding hydrogens is 238 g/mol. The third kappa shape index (κ3) is 6.79. The lowest BCUT2D eigenvalue weighted by Crippen LogP contribution is -2.27. The maximum absolute atomic E-state index is 5.95. The van der Waals surface area contributed by atoms with Crippen molar-refractivity contribution >= 4 is 5.70 Å². The summed E-state index contributed by atoms with van der Waals surface area (Å²) < 4.78 is 0. The van der Waals surface area contributed by atoms with Gasteiger partial charge in [-0.15, -0.1) is 0 Å². The number of pyridine rings is 1. The predicted octanol–water partition coefficient (Wildman–Crippen LogP) is 1.42. The average molecular weight is 263 g/mol. The van der Waals surface area contributed by atoms with Gasteiger partial charge in [-0.05, 0) is 31.5 Å². The molecule has 5 nitrogen and oxygen atoms in total. The van der Waals surface area contributed by atoms with E-state index < -0.39 is 0 Å². The van der Waals surface area contributed by atoms with Crippen LogP contribution in [-0.2, 0) is 0 Å². The maximum atomic E-state index is 5.95. The summed E-state index contributed by atoms with van der Waals surface area (Å²) >= 11 is 0. The van der Waals surface area contributed by atoms with Crippen LogP contribution in [0.4, 0.5) is 0 Å². The first-order valence-electron chi connectivity index (χ1n) is 6.83. The van der Waals surface area contributed by atoms with E-state index in [-0.39, 0.29) is 0 Å². The quantitative estimate of drug-likeness (QED) is 0.356. The third-order valence-corrected chi connectivity index (χ3v) is 2.92. The molecule has 6 N–H and O–H groups in total. The maximum Gasteiger partial charge on any atom is 0.0579 e. The molecule has 19 heavy (non-hydrogen) atoms. The fourth-order valence-corrected chi connectivity index (χ4v) is 1.82. The van der Waals surface area contributed by atoms with Crippen molar-refractivity contribution in [1.29, 1.82) is 0 Å². The highest BCUT2D eigenvalue weighted by atomic mass is 15.4. The molecule has 0 amide bonds. The standard InChI is InChI=1S/C14H25N5/c15-8-4-2-1-3-5-10-19(17)12-14(16)13-7-6-9-18-11-13/h6-7,9,11-12H,1-5,8,10,15-17H2/b14-12-. The smallest absolute Gasteiger partial charge is 0.0579 e. The Hall–Kier alpha value is -1.59. The minimum atomic E-state index is 0.638. The number of nitrogens with two attached hydrogens (primary N) is 3. The largest absolute Gasteiger partial charge is 0.397 e. The highest BCUT2D eigenvalue weighted by molar-refractivity contribution is 5.60. The number of hydrogen-bond acceptors (Lipinski definition) is 5. The first-order valence-corrected chi connectivity index (χ1v) is 6.83. The molecule has 1 aromatic heterocycles. The van der Waals surface area contributed by atoms with E-state index in [9.17, 15) is 0 Å². The molecule has 0 radical (unpaired) electrons. The molecule has 0 aliphatic heterocycles. The summed E-state index contributed by atoms with van der Waals surface area (Å²) in [4.78, 5) is 4.03. The van der Waals surface area contributed by atoms with Gasteiger partial charge in [0.25, 0.3) is 0 Å². The minimum absolute atomic E-state index is 0.638. The van der Waals surface area contributed by atoms with E-state index in [2.05, 4.69) is 4.98 Å². The summed E-state index contributed by atoms with van der Waals surface area (Å²) in [5, 5.41) is 1.64. The van der Waals surface area contributed by atoms with Crippen LogP contribution in [-0.4, -0.2) is 23.1 Å². The van der Waals surface area contributed by atoms with Crippen LogP contribution < -0.4 is 17.3 Å². The van der Waals surface area contributed by atoms with E-state index in [1.165, 1.54) is 19.3 Å². The van der Waals surface area contributed by atoms with E-state index in [0.29, 0.717) is 5.70 Å². The summed E-state index contributed by atoms with van der Waals surface area (Å²) in [6.07, 6.45) is 11.0. The van der Waals surface area contributed by atoms with Crippen LogP contribution in [0.5, 0.6) is 0 Å². The molecule has 0 aromatic carbocycles. The van der Waals surface area contributed by atoms with Crippen LogP contribution in [0.15, 0.2) is 30.7 Å². The van der Waals surface area contributed by atoms with Gasteiger partial charge < -0.3 is 16.5 Å². The van der Waals surface area contributed by atoms with E-state index in [1.54, 1.807) is 23.6 Å². The molecule has 1 aromatic rings. The zero-order chi connectivity index (χ0) is 13.9. The van der Waals surface area contributed by atoms with Crippen LogP contribution in [0.2, 0.25) is 0 Å². The van der Waals surface area contributed by atoms with E-state index in [4.69, 9.17) is 17.3 Å². The molecule has 0 fully saturated rings. The van der Waals surface area contributed by atoms with Crippen molar-refractivity contribution in [3.05, 3.63) is 36.3 Å². The fraction of sp³-hybridized carbons (Fsp3) is 0.500. The Morgan fingerprint density at radius 2 is 1.95 bits per heavy atom. The normalized spacial score (nSPS) is 11.6. The van der Waals surface area contributed by atoms with E-state index >= 15 is 0 Å². The SMILES string of the molecule is NCCCCCCCN(N)/C=C(\N)c1cccnc1. The molecule has 0 spiro atoms. The Kier molecular flexibility index (Phi) is 7.62.